The van der Waals surface area contributed by atoms with E-state index in [1.165, 1.54) is 7.11 Å². The molecule has 0 aliphatic rings. The van der Waals surface area contributed by atoms with Gasteiger partial charge in [0, 0.05) is 13.2 Å². The fraction of sp³-hybridized carbons (Fsp3) is 0.417. The normalized spacial score (nSPS) is 13.0. The van der Waals surface area contributed by atoms with E-state index in [0.29, 0.717) is 0 Å². The van der Waals surface area contributed by atoms with Crippen LogP contribution >= 0.6 is 11.6 Å². The van der Waals surface area contributed by atoms with Crippen LogP contribution in [-0.2, 0) is 19.4 Å². The number of rotatable bonds is 6. The standard InChI is InChI=1S/C12H15ClFNO4S/c1-8(6-19-2)15-12(16)7-20(17,18)9-3-4-11(14)10(13)5-9/h3-5,8H,6-7H2,1-2H3,(H,15,16)/t8-/m0/s1. The van der Waals surface area contributed by atoms with Gasteiger partial charge in [-0.2, -0.15) is 0 Å². The number of hydrogen-bond acceptors (Lipinski definition) is 4. The molecule has 0 heterocycles. The van der Waals surface area contributed by atoms with Gasteiger partial charge in [0.05, 0.1) is 16.5 Å². The minimum Gasteiger partial charge on any atom is -0.383 e. The lowest BCUT2D eigenvalue weighted by molar-refractivity contribution is -0.119. The first-order valence-corrected chi connectivity index (χ1v) is 7.75. The van der Waals surface area contributed by atoms with Crippen LogP contribution in [0.2, 0.25) is 5.02 Å². The Labute approximate surface area is 122 Å². The number of methoxy groups -OCH3 is 1. The van der Waals surface area contributed by atoms with Crippen molar-refractivity contribution < 1.29 is 22.3 Å². The molecule has 1 aromatic carbocycles. The van der Waals surface area contributed by atoms with Crippen LogP contribution in [0.15, 0.2) is 23.1 Å². The number of amides is 1. The topological polar surface area (TPSA) is 72.5 Å². The van der Waals surface area contributed by atoms with Crippen LogP contribution in [0, 0.1) is 5.82 Å². The molecule has 0 aromatic heterocycles. The molecule has 8 heteroatoms. The maximum atomic E-state index is 13.0. The van der Waals surface area contributed by atoms with E-state index in [9.17, 15) is 17.6 Å². The zero-order valence-corrected chi connectivity index (χ0v) is 12.6. The van der Waals surface area contributed by atoms with Gasteiger partial charge in [0.15, 0.2) is 9.84 Å². The second-order valence-corrected chi connectivity index (χ2v) is 6.66. The molecule has 0 spiro atoms. The van der Waals surface area contributed by atoms with Gasteiger partial charge in [-0.25, -0.2) is 12.8 Å². The highest BCUT2D eigenvalue weighted by Crippen LogP contribution is 2.20. The number of sulfone groups is 1. The molecule has 0 saturated heterocycles. The van der Waals surface area contributed by atoms with E-state index in [4.69, 9.17) is 16.3 Å². The number of carbonyl (C=O) groups is 1. The average Bonchev–Trinajstić information content (AvgIpc) is 2.31. The number of ether oxygens (including phenoxy) is 1. The maximum absolute atomic E-state index is 13.0. The molecule has 1 atom stereocenters. The van der Waals surface area contributed by atoms with Gasteiger partial charge in [0.25, 0.3) is 0 Å². The van der Waals surface area contributed by atoms with Crippen molar-refractivity contribution in [3.05, 3.63) is 29.0 Å². The second kappa shape index (κ2) is 7.01. The SMILES string of the molecule is COC[C@H](C)NC(=O)CS(=O)(=O)c1ccc(F)c(Cl)c1. The molecule has 1 amide bonds. The van der Waals surface area contributed by atoms with Crippen LogP contribution < -0.4 is 5.32 Å². The Morgan fingerprint density at radius 2 is 2.15 bits per heavy atom. The van der Waals surface area contributed by atoms with Gasteiger partial charge in [0.1, 0.15) is 11.6 Å². The summed E-state index contributed by atoms with van der Waals surface area (Å²) in [5.74, 6) is -2.11. The molecule has 5 nitrogen and oxygen atoms in total. The summed E-state index contributed by atoms with van der Waals surface area (Å²) in [7, 11) is -2.39. The van der Waals surface area contributed by atoms with E-state index in [1.807, 2.05) is 0 Å². The fourth-order valence-electron chi connectivity index (χ4n) is 1.53. The van der Waals surface area contributed by atoms with Crippen molar-refractivity contribution in [1.82, 2.24) is 5.32 Å². The summed E-state index contributed by atoms with van der Waals surface area (Å²) in [6, 6.07) is 2.70. The molecule has 0 bridgehead atoms. The van der Waals surface area contributed by atoms with Gasteiger partial charge < -0.3 is 10.1 Å². The Hall–Kier alpha value is -1.18. The third-order valence-corrected chi connectivity index (χ3v) is 4.30. The fourth-order valence-corrected chi connectivity index (χ4v) is 2.95. The lowest BCUT2D eigenvalue weighted by Crippen LogP contribution is -2.39. The third-order valence-electron chi connectivity index (χ3n) is 2.40. The number of halogens is 2. The molecule has 0 unspecified atom stereocenters. The lowest BCUT2D eigenvalue weighted by atomic mass is 10.3. The van der Waals surface area contributed by atoms with Gasteiger partial charge in [-0.05, 0) is 25.1 Å². The van der Waals surface area contributed by atoms with E-state index >= 15 is 0 Å². The Balaban J connectivity index is 2.79. The first-order valence-electron chi connectivity index (χ1n) is 5.72. The largest absolute Gasteiger partial charge is 0.383 e. The van der Waals surface area contributed by atoms with E-state index in [0.717, 1.165) is 18.2 Å². The Kier molecular flexibility index (Phi) is 5.91. The lowest BCUT2D eigenvalue weighted by Gasteiger charge is -2.12. The highest BCUT2D eigenvalue weighted by molar-refractivity contribution is 7.92. The maximum Gasteiger partial charge on any atom is 0.235 e. The molecule has 1 N–H and O–H groups in total. The summed E-state index contributed by atoms with van der Waals surface area (Å²) in [4.78, 5) is 11.4. The molecular formula is C12H15ClFNO4S. The molecule has 1 aromatic rings. The number of hydrogen-bond donors (Lipinski definition) is 1. The predicted octanol–water partition coefficient (Wildman–Crippen LogP) is 1.40. The molecule has 0 saturated carbocycles. The smallest absolute Gasteiger partial charge is 0.235 e. The Morgan fingerprint density at radius 1 is 1.50 bits per heavy atom. The van der Waals surface area contributed by atoms with E-state index < -0.39 is 27.3 Å². The molecular weight excluding hydrogens is 309 g/mol. The minimum absolute atomic E-state index is 0.196. The molecule has 1 rings (SSSR count). The van der Waals surface area contributed by atoms with Gasteiger partial charge in [-0.3, -0.25) is 4.79 Å². The van der Waals surface area contributed by atoms with Crippen LogP contribution in [0.3, 0.4) is 0 Å². The van der Waals surface area contributed by atoms with Crippen molar-refractivity contribution in [3.63, 3.8) is 0 Å². The summed E-state index contributed by atoms with van der Waals surface area (Å²) >= 11 is 5.53. The summed E-state index contributed by atoms with van der Waals surface area (Å²) < 4.78 is 41.8. The van der Waals surface area contributed by atoms with Crippen LogP contribution in [0.25, 0.3) is 0 Å². The molecule has 112 valence electrons. The van der Waals surface area contributed by atoms with Crippen molar-refractivity contribution in [2.75, 3.05) is 19.5 Å². The Bertz CT molecular complexity index is 591. The van der Waals surface area contributed by atoms with Crippen LogP contribution in [0.1, 0.15) is 6.92 Å². The molecule has 0 fully saturated rings. The van der Waals surface area contributed by atoms with Gasteiger partial charge in [-0.1, -0.05) is 11.6 Å². The molecule has 20 heavy (non-hydrogen) atoms. The number of benzene rings is 1. The van der Waals surface area contributed by atoms with E-state index in [1.54, 1.807) is 6.92 Å². The van der Waals surface area contributed by atoms with Gasteiger partial charge in [-0.15, -0.1) is 0 Å². The Morgan fingerprint density at radius 3 is 2.70 bits per heavy atom. The van der Waals surface area contributed by atoms with Crippen molar-refractivity contribution in [2.24, 2.45) is 0 Å². The zero-order chi connectivity index (χ0) is 15.3. The molecule has 0 radical (unpaired) electrons. The number of carbonyl (C=O) groups excluding carboxylic acids is 1. The second-order valence-electron chi connectivity index (χ2n) is 4.26. The first kappa shape index (κ1) is 16.9. The monoisotopic (exact) mass is 323 g/mol. The van der Waals surface area contributed by atoms with Crippen molar-refractivity contribution in [1.29, 1.82) is 0 Å². The molecule has 0 aliphatic carbocycles. The van der Waals surface area contributed by atoms with E-state index in [2.05, 4.69) is 5.32 Å². The summed E-state index contributed by atoms with van der Waals surface area (Å²) in [6.07, 6.45) is 0. The highest BCUT2D eigenvalue weighted by Gasteiger charge is 2.21. The predicted molar refractivity (Wildman–Crippen MR) is 72.9 cm³/mol. The van der Waals surface area contributed by atoms with Crippen LogP contribution in [-0.4, -0.2) is 39.8 Å². The third kappa shape index (κ3) is 4.73. The van der Waals surface area contributed by atoms with Gasteiger partial charge in [0.2, 0.25) is 5.91 Å². The summed E-state index contributed by atoms with van der Waals surface area (Å²) in [6.45, 7) is 1.96. The molecule has 0 aliphatic heterocycles. The summed E-state index contributed by atoms with van der Waals surface area (Å²) in [5, 5.41) is 2.18. The van der Waals surface area contributed by atoms with Crippen molar-refractivity contribution >= 4 is 27.3 Å². The quantitative estimate of drug-likeness (QED) is 0.803. The summed E-state index contributed by atoms with van der Waals surface area (Å²) in [5.41, 5.74) is 0. The average molecular weight is 324 g/mol. The minimum atomic E-state index is -3.86. The van der Waals surface area contributed by atoms with Crippen LogP contribution in [0.5, 0.6) is 0 Å². The first-order chi connectivity index (χ1) is 9.26. The van der Waals surface area contributed by atoms with Gasteiger partial charge >= 0.3 is 0 Å². The van der Waals surface area contributed by atoms with Crippen molar-refractivity contribution in [2.45, 2.75) is 17.9 Å². The highest BCUT2D eigenvalue weighted by atomic mass is 35.5. The van der Waals surface area contributed by atoms with Crippen LogP contribution in [0.4, 0.5) is 4.39 Å². The zero-order valence-electron chi connectivity index (χ0n) is 11.0. The van der Waals surface area contributed by atoms with E-state index in [-0.39, 0.29) is 22.6 Å². The number of nitrogens with one attached hydrogen (secondary N) is 1. The van der Waals surface area contributed by atoms with Crippen molar-refractivity contribution in [3.8, 4) is 0 Å².